The Morgan fingerprint density at radius 2 is 0.576 bits per heavy atom. The first-order valence-corrected chi connectivity index (χ1v) is 24.9. The van der Waals surface area contributed by atoms with Crippen LogP contribution in [0.3, 0.4) is 0 Å². The first-order chi connectivity index (χ1) is 28.6. The molecule has 6 aliphatic rings. The zero-order valence-electron chi connectivity index (χ0n) is 36.5. The van der Waals surface area contributed by atoms with E-state index in [1.54, 1.807) is 0 Å². The fourth-order valence-corrected chi connectivity index (χ4v) is 10.8. The maximum atomic E-state index is 14.9. The number of hydrogen-bond acceptors (Lipinski definition) is 7. The van der Waals surface area contributed by atoms with Gasteiger partial charge in [-0.3, -0.25) is 0 Å². The van der Waals surface area contributed by atoms with E-state index < -0.39 is 7.82 Å². The Bertz CT molecular complexity index is 1640. The molecule has 6 aliphatic carbocycles. The zero-order chi connectivity index (χ0) is 40.8. The standard InChI is InChI=1S/C51H69O7P/c1-31(37-16-17-37)43-10-7-11-44(32(2)38-18-19-38)49(43)53-28-56-59(52,57-29-54-50-45(33(3)39-20-21-39)12-8-13-46(50)34(4)40-22-23-40)58-30-55-51-47(35(5)41-24-25-41)14-9-15-48(51)36(6)42-26-27-42/h7-15,31-42H,16-30H2,1-6H3/t31-,32-,33-,34-,35-,36-/m1/s1. The molecule has 0 radical (unpaired) electrons. The van der Waals surface area contributed by atoms with Gasteiger partial charge in [0.2, 0.25) is 0 Å². The van der Waals surface area contributed by atoms with Gasteiger partial charge in [0.05, 0.1) is 0 Å². The van der Waals surface area contributed by atoms with Crippen molar-refractivity contribution in [3.63, 3.8) is 0 Å². The van der Waals surface area contributed by atoms with Crippen molar-refractivity contribution in [2.45, 2.75) is 154 Å². The van der Waals surface area contributed by atoms with Gasteiger partial charge in [-0.05, 0) is 181 Å². The lowest BCUT2D eigenvalue weighted by Gasteiger charge is -2.26. The van der Waals surface area contributed by atoms with Crippen molar-refractivity contribution in [2.24, 2.45) is 35.5 Å². The van der Waals surface area contributed by atoms with Gasteiger partial charge in [0, 0.05) is 0 Å². The van der Waals surface area contributed by atoms with E-state index in [0.717, 1.165) is 17.2 Å². The summed E-state index contributed by atoms with van der Waals surface area (Å²) >= 11 is 0. The highest BCUT2D eigenvalue weighted by molar-refractivity contribution is 7.48. The van der Waals surface area contributed by atoms with Crippen molar-refractivity contribution in [1.82, 2.24) is 0 Å². The molecule has 0 spiro atoms. The maximum absolute atomic E-state index is 14.9. The average molecular weight is 825 g/mol. The lowest BCUT2D eigenvalue weighted by atomic mass is 9.88. The van der Waals surface area contributed by atoms with E-state index in [2.05, 4.69) is 96.1 Å². The van der Waals surface area contributed by atoms with Crippen LogP contribution < -0.4 is 14.2 Å². The highest BCUT2D eigenvalue weighted by Gasteiger charge is 2.39. The van der Waals surface area contributed by atoms with Crippen LogP contribution in [0.25, 0.3) is 0 Å². The maximum Gasteiger partial charge on any atom is 0.483 e. The second kappa shape index (κ2) is 17.5. The van der Waals surface area contributed by atoms with Gasteiger partial charge >= 0.3 is 7.82 Å². The van der Waals surface area contributed by atoms with E-state index in [0.29, 0.717) is 71.0 Å². The van der Waals surface area contributed by atoms with Gasteiger partial charge in [-0.15, -0.1) is 0 Å². The molecule has 6 fully saturated rings. The predicted octanol–water partition coefficient (Wildman–Crippen LogP) is 14.3. The van der Waals surface area contributed by atoms with Gasteiger partial charge in [-0.1, -0.05) is 96.1 Å². The fraction of sp³-hybridized carbons (Fsp3) is 0.647. The van der Waals surface area contributed by atoms with Gasteiger partial charge < -0.3 is 14.2 Å². The molecule has 0 aromatic heterocycles. The van der Waals surface area contributed by atoms with E-state index >= 15 is 0 Å². The smallest absolute Gasteiger partial charge is 0.466 e. The number of para-hydroxylation sites is 3. The molecule has 0 N–H and O–H groups in total. The van der Waals surface area contributed by atoms with Crippen molar-refractivity contribution in [2.75, 3.05) is 20.4 Å². The molecule has 6 atom stereocenters. The van der Waals surface area contributed by atoms with Crippen LogP contribution >= 0.6 is 7.82 Å². The first kappa shape index (κ1) is 41.5. The van der Waals surface area contributed by atoms with E-state index in [1.807, 2.05) is 0 Å². The third-order valence-corrected chi connectivity index (χ3v) is 16.7. The second-order valence-electron chi connectivity index (χ2n) is 19.7. The van der Waals surface area contributed by atoms with Crippen LogP contribution in [0.15, 0.2) is 54.6 Å². The fourth-order valence-electron chi connectivity index (χ4n) is 10.0. The van der Waals surface area contributed by atoms with Gasteiger partial charge in [-0.25, -0.2) is 18.1 Å². The van der Waals surface area contributed by atoms with Crippen molar-refractivity contribution < 1.29 is 32.3 Å². The van der Waals surface area contributed by atoms with Crippen molar-refractivity contribution in [3.05, 3.63) is 88.0 Å². The molecule has 9 rings (SSSR count). The van der Waals surface area contributed by atoms with Crippen LogP contribution in [0.2, 0.25) is 0 Å². The molecule has 320 valence electrons. The normalized spacial score (nSPS) is 22.6. The van der Waals surface area contributed by atoms with E-state index in [4.69, 9.17) is 27.8 Å². The number of phosphoric ester groups is 1. The van der Waals surface area contributed by atoms with Gasteiger partial charge in [0.15, 0.2) is 20.4 Å². The summed E-state index contributed by atoms with van der Waals surface area (Å²) in [5.41, 5.74) is 7.18. The van der Waals surface area contributed by atoms with E-state index in [1.165, 1.54) is 110 Å². The minimum absolute atomic E-state index is 0.283. The molecule has 0 saturated heterocycles. The molecular formula is C51H69O7P. The Balaban J connectivity index is 0.962. The molecule has 3 aromatic carbocycles. The van der Waals surface area contributed by atoms with Crippen molar-refractivity contribution in [3.8, 4) is 17.2 Å². The third kappa shape index (κ3) is 9.80. The molecule has 6 saturated carbocycles. The Hall–Kier alpha value is -2.83. The second-order valence-corrected chi connectivity index (χ2v) is 21.3. The Morgan fingerprint density at radius 3 is 0.746 bits per heavy atom. The molecule has 0 heterocycles. The third-order valence-electron chi connectivity index (χ3n) is 15.4. The highest BCUT2D eigenvalue weighted by Crippen LogP contribution is 2.55. The van der Waals surface area contributed by atoms with E-state index in [-0.39, 0.29) is 20.4 Å². The summed E-state index contributed by atoms with van der Waals surface area (Å²) < 4.78 is 53.2. The minimum atomic E-state index is -4.28. The highest BCUT2D eigenvalue weighted by atomic mass is 31.2. The monoisotopic (exact) mass is 824 g/mol. The molecule has 0 bridgehead atoms. The summed E-state index contributed by atoms with van der Waals surface area (Å²) in [5, 5.41) is 0. The zero-order valence-corrected chi connectivity index (χ0v) is 37.4. The molecule has 3 aromatic rings. The summed E-state index contributed by atoms with van der Waals surface area (Å²) in [6.07, 6.45) is 14.9. The van der Waals surface area contributed by atoms with Gasteiger partial charge in [-0.2, -0.15) is 0 Å². The van der Waals surface area contributed by atoms with Gasteiger partial charge in [0.25, 0.3) is 0 Å². The van der Waals surface area contributed by atoms with Crippen LogP contribution in [0.5, 0.6) is 17.2 Å². The van der Waals surface area contributed by atoms with Crippen LogP contribution in [0.1, 0.15) is 187 Å². The van der Waals surface area contributed by atoms with E-state index in [9.17, 15) is 4.57 Å². The molecule has 0 unspecified atom stereocenters. The summed E-state index contributed by atoms with van der Waals surface area (Å²) in [4.78, 5) is 0. The Morgan fingerprint density at radius 1 is 0.390 bits per heavy atom. The lowest BCUT2D eigenvalue weighted by molar-refractivity contribution is -0.00582. The number of ether oxygens (including phenoxy) is 3. The molecule has 7 nitrogen and oxygen atoms in total. The molecule has 0 amide bonds. The molecule has 0 aliphatic heterocycles. The average Bonchev–Trinajstić information content (AvgIpc) is 4.03. The van der Waals surface area contributed by atoms with Crippen molar-refractivity contribution in [1.29, 1.82) is 0 Å². The SMILES string of the molecule is C[C@@H](c1cccc([C@H](C)C2CC2)c1OCOP(=O)(OCOc1c([C@H](C)C2CC2)cccc1[C@H](C)C1CC1)OCOc1c([C@H](C)C2CC2)cccc1[C@H](C)C1CC1)C1CC1. The summed E-state index contributed by atoms with van der Waals surface area (Å²) in [7, 11) is -4.28. The number of rotatable bonds is 24. The molecule has 59 heavy (non-hydrogen) atoms. The van der Waals surface area contributed by atoms with Crippen LogP contribution in [-0.4, -0.2) is 20.4 Å². The summed E-state index contributed by atoms with van der Waals surface area (Å²) in [5.74, 6) is 8.74. The Kier molecular flexibility index (Phi) is 12.3. The lowest BCUT2D eigenvalue weighted by Crippen LogP contribution is -2.15. The van der Waals surface area contributed by atoms with Gasteiger partial charge in [0.1, 0.15) is 17.2 Å². The molecule has 8 heteroatoms. The first-order valence-electron chi connectivity index (χ1n) is 23.4. The van der Waals surface area contributed by atoms with Crippen LogP contribution in [0, 0.1) is 35.5 Å². The summed E-state index contributed by atoms with van der Waals surface area (Å²) in [6, 6.07) is 19.7. The van der Waals surface area contributed by atoms with Crippen molar-refractivity contribution >= 4 is 7.82 Å². The van der Waals surface area contributed by atoms with Crippen LogP contribution in [-0.2, 0) is 18.1 Å². The Labute approximate surface area is 354 Å². The quantitative estimate of drug-likeness (QED) is 0.0658. The molecular weight excluding hydrogens is 756 g/mol. The number of phosphoric acid groups is 1. The number of benzene rings is 3. The summed E-state index contributed by atoms with van der Waals surface area (Å²) in [6.45, 7) is 13.0. The predicted molar refractivity (Wildman–Crippen MR) is 234 cm³/mol. The number of hydrogen-bond donors (Lipinski definition) is 0. The largest absolute Gasteiger partial charge is 0.483 e. The topological polar surface area (TPSA) is 72.5 Å². The van der Waals surface area contributed by atoms with Crippen LogP contribution in [0.4, 0.5) is 0 Å². The minimum Gasteiger partial charge on any atom is -0.466 e.